The molecule has 45 heavy (non-hydrogen) atoms. The molecule has 5 heterocycles. The standard InChI is InChI=1S/C32H16N8.2C2H6.Cu/c1-2-10-18-17(9-1)25-33-26(18)38-28-21-13-5-6-14-22(21)30(35-28)40-32-24-16-8-7-15-23(24)31(36-32)39-29-20-12-4-3-11-19(20)27(34-29)37-25;2*1-2;/h1-16H;2*1-2H3;/q-2;;;+2. The Kier molecular flexibility index (Phi) is 8.22. The van der Waals surface area contributed by atoms with Gasteiger partial charge in [0.2, 0.25) is 0 Å². The molecular weight excluding hydrogens is 608 g/mol. The van der Waals surface area contributed by atoms with E-state index in [1.165, 1.54) is 0 Å². The normalized spacial score (nSPS) is 10.9. The molecule has 0 amide bonds. The van der Waals surface area contributed by atoms with Crippen molar-refractivity contribution >= 4 is 44.1 Å². The Hall–Kier alpha value is -5.24. The van der Waals surface area contributed by atoms with Crippen LogP contribution in [0.5, 0.6) is 0 Å². The first-order valence-electron chi connectivity index (χ1n) is 14.9. The second kappa shape index (κ2) is 12.4. The van der Waals surface area contributed by atoms with Gasteiger partial charge in [0.15, 0.2) is 0 Å². The van der Waals surface area contributed by atoms with Crippen molar-refractivity contribution < 1.29 is 17.1 Å². The minimum absolute atomic E-state index is 0. The molecule has 3 aromatic heterocycles. The first-order chi connectivity index (χ1) is 21.8. The van der Waals surface area contributed by atoms with E-state index in [0.29, 0.717) is 45.9 Å². The van der Waals surface area contributed by atoms with E-state index in [2.05, 4.69) is 0 Å². The van der Waals surface area contributed by atoms with Gasteiger partial charge in [0.25, 0.3) is 0 Å². The first kappa shape index (κ1) is 29.8. The first-order valence-corrected chi connectivity index (χ1v) is 14.9. The fourth-order valence-corrected chi connectivity index (χ4v) is 5.46. The van der Waals surface area contributed by atoms with Crippen molar-refractivity contribution in [2.45, 2.75) is 27.7 Å². The van der Waals surface area contributed by atoms with E-state index < -0.39 is 0 Å². The molecule has 0 atom stereocenters. The summed E-state index contributed by atoms with van der Waals surface area (Å²) in [5.74, 6) is 2.21. The molecule has 2 aliphatic rings. The molecular formula is C36H28CuN8. The van der Waals surface area contributed by atoms with E-state index in [4.69, 9.17) is 39.9 Å². The van der Waals surface area contributed by atoms with Crippen molar-refractivity contribution in [3.05, 3.63) is 97.1 Å². The maximum atomic E-state index is 4.95. The molecule has 8 nitrogen and oxygen atoms in total. The summed E-state index contributed by atoms with van der Waals surface area (Å²) in [5, 5.41) is 3.57. The average Bonchev–Trinajstić information content (AvgIpc) is 3.82. The Balaban J connectivity index is 0.000000689. The smallest absolute Gasteiger partial charge is 0.357 e. The van der Waals surface area contributed by atoms with Gasteiger partial charge in [-0.3, -0.25) is 0 Å². The van der Waals surface area contributed by atoms with E-state index in [0.717, 1.165) is 43.8 Å². The van der Waals surface area contributed by atoms with E-state index >= 15 is 0 Å². The molecule has 9 heteroatoms. The molecule has 0 fully saturated rings. The van der Waals surface area contributed by atoms with E-state index in [1.807, 2.05) is 125 Å². The van der Waals surface area contributed by atoms with Crippen molar-refractivity contribution in [2.24, 2.45) is 0 Å². The summed E-state index contributed by atoms with van der Waals surface area (Å²) in [4.78, 5) is 39.3. The molecule has 0 saturated carbocycles. The third-order valence-electron chi connectivity index (χ3n) is 7.33. The molecule has 9 rings (SSSR count). The topological polar surface area (TPSA) is 106 Å². The SMILES string of the molecule is CC.CC.[Cu+2].c1ccc2c(c1)-c1nc-2nc2[n-]c(nc3nc(nc4[n-]c(n1)c1ccccc41)-c1ccccc1-3)c1ccccc21. The van der Waals surface area contributed by atoms with Gasteiger partial charge in [0.05, 0.1) is 23.3 Å². The fraction of sp³-hybridized carbons (Fsp3) is 0.111. The van der Waals surface area contributed by atoms with Crippen LogP contribution in [0.4, 0.5) is 0 Å². The van der Waals surface area contributed by atoms with Crippen LogP contribution in [0.25, 0.3) is 89.7 Å². The summed E-state index contributed by atoms with van der Waals surface area (Å²) in [6.45, 7) is 8.00. The summed E-state index contributed by atoms with van der Waals surface area (Å²) < 4.78 is 0. The average molecular weight is 636 g/mol. The number of fused-ring (bicyclic) bond motifs is 20. The van der Waals surface area contributed by atoms with Crippen LogP contribution in [0.2, 0.25) is 0 Å². The molecule has 0 spiro atoms. The van der Waals surface area contributed by atoms with Gasteiger partial charge in [-0.05, 0) is 21.5 Å². The van der Waals surface area contributed by atoms with Gasteiger partial charge < -0.3 is 29.9 Å². The third-order valence-corrected chi connectivity index (χ3v) is 7.33. The maximum Gasteiger partial charge on any atom is 2.00 e. The molecule has 0 unspecified atom stereocenters. The number of nitrogens with zero attached hydrogens (tertiary/aromatic N) is 8. The van der Waals surface area contributed by atoms with Crippen molar-refractivity contribution in [1.82, 2.24) is 39.9 Å². The summed E-state index contributed by atoms with van der Waals surface area (Å²) in [5.41, 5.74) is 5.78. The predicted molar refractivity (Wildman–Crippen MR) is 177 cm³/mol. The minimum Gasteiger partial charge on any atom is -0.357 e. The molecule has 0 aliphatic carbocycles. The summed E-state index contributed by atoms with van der Waals surface area (Å²) in [7, 11) is 0. The zero-order valence-corrected chi connectivity index (χ0v) is 26.1. The number of benzene rings is 4. The Morgan fingerprint density at radius 2 is 0.556 bits per heavy atom. The zero-order valence-electron chi connectivity index (χ0n) is 25.1. The van der Waals surface area contributed by atoms with Gasteiger partial charge in [-0.2, -0.15) is 0 Å². The second-order valence-electron chi connectivity index (χ2n) is 9.67. The molecule has 8 bridgehead atoms. The Morgan fingerprint density at radius 1 is 0.333 bits per heavy atom. The molecule has 7 aromatic rings. The third kappa shape index (κ3) is 4.96. The number of hydrogen-bond donors (Lipinski definition) is 0. The number of hydrogen-bond acceptors (Lipinski definition) is 6. The van der Waals surface area contributed by atoms with Crippen LogP contribution < -0.4 is 9.97 Å². The summed E-state index contributed by atoms with van der Waals surface area (Å²) in [6.07, 6.45) is 0. The number of rotatable bonds is 0. The summed E-state index contributed by atoms with van der Waals surface area (Å²) in [6, 6.07) is 31.8. The van der Waals surface area contributed by atoms with Gasteiger partial charge in [-0.1, -0.05) is 125 Å². The molecule has 2 aliphatic heterocycles. The van der Waals surface area contributed by atoms with Crippen LogP contribution in [0.15, 0.2) is 97.1 Å². The quantitative estimate of drug-likeness (QED) is 0.154. The Bertz CT molecular complexity index is 2040. The van der Waals surface area contributed by atoms with Gasteiger partial charge in [0.1, 0.15) is 0 Å². The van der Waals surface area contributed by atoms with Crippen molar-refractivity contribution in [2.75, 3.05) is 0 Å². The van der Waals surface area contributed by atoms with Gasteiger partial charge in [-0.25, -0.2) is 9.97 Å². The van der Waals surface area contributed by atoms with Gasteiger partial charge >= 0.3 is 17.1 Å². The zero-order chi connectivity index (χ0) is 30.2. The van der Waals surface area contributed by atoms with E-state index in [9.17, 15) is 0 Å². The van der Waals surface area contributed by atoms with Crippen LogP contribution in [0.1, 0.15) is 27.7 Å². The van der Waals surface area contributed by atoms with Crippen molar-refractivity contribution in [1.29, 1.82) is 0 Å². The molecule has 4 aromatic carbocycles. The molecule has 0 N–H and O–H groups in total. The van der Waals surface area contributed by atoms with Crippen molar-refractivity contribution in [3.8, 4) is 45.6 Å². The summed E-state index contributed by atoms with van der Waals surface area (Å²) >= 11 is 0. The monoisotopic (exact) mass is 635 g/mol. The number of aromatic nitrogens is 8. The van der Waals surface area contributed by atoms with Gasteiger partial charge in [0, 0.05) is 44.8 Å². The van der Waals surface area contributed by atoms with Crippen LogP contribution in [-0.2, 0) is 17.1 Å². The predicted octanol–water partition coefficient (Wildman–Crippen LogP) is 8.18. The minimum atomic E-state index is 0. The molecule has 1 radical (unpaired) electrons. The molecule has 0 saturated heterocycles. The van der Waals surface area contributed by atoms with Gasteiger partial charge in [-0.15, -0.1) is 0 Å². The van der Waals surface area contributed by atoms with E-state index in [-0.39, 0.29) is 17.1 Å². The maximum absolute atomic E-state index is 4.95. The van der Waals surface area contributed by atoms with Crippen LogP contribution in [0.3, 0.4) is 0 Å². The van der Waals surface area contributed by atoms with E-state index in [1.54, 1.807) is 0 Å². The second-order valence-corrected chi connectivity index (χ2v) is 9.67. The largest absolute Gasteiger partial charge is 2.00 e. The van der Waals surface area contributed by atoms with Crippen molar-refractivity contribution in [3.63, 3.8) is 0 Å². The molecule has 223 valence electrons. The Morgan fingerprint density at radius 3 is 0.800 bits per heavy atom. The Labute approximate surface area is 270 Å². The van der Waals surface area contributed by atoms with Crippen LogP contribution in [-0.4, -0.2) is 29.9 Å². The van der Waals surface area contributed by atoms with Crippen LogP contribution in [0, 0.1) is 0 Å². The van der Waals surface area contributed by atoms with Crippen LogP contribution >= 0.6 is 0 Å². The fourth-order valence-electron chi connectivity index (χ4n) is 5.46.